The summed E-state index contributed by atoms with van der Waals surface area (Å²) in [6, 6.07) is 20.3. The molecule has 0 aliphatic carbocycles. The third-order valence-electron chi connectivity index (χ3n) is 6.41. The minimum absolute atomic E-state index is 0.112. The summed E-state index contributed by atoms with van der Waals surface area (Å²) in [6.45, 7) is 8.44. The van der Waals surface area contributed by atoms with E-state index in [0.717, 1.165) is 16.8 Å². The van der Waals surface area contributed by atoms with Gasteiger partial charge in [0.25, 0.3) is 5.91 Å². The van der Waals surface area contributed by atoms with E-state index in [1.165, 1.54) is 5.56 Å². The fourth-order valence-electron chi connectivity index (χ4n) is 4.21. The number of aromatic nitrogens is 2. The van der Waals surface area contributed by atoms with Gasteiger partial charge in [-0.1, -0.05) is 43.6 Å². The first kappa shape index (κ1) is 27.9. The van der Waals surface area contributed by atoms with Gasteiger partial charge in [0.05, 0.1) is 12.8 Å². The molecule has 0 saturated carbocycles. The number of amides is 2. The number of carbonyl (C=O) groups is 2. The van der Waals surface area contributed by atoms with Crippen molar-refractivity contribution in [2.24, 2.45) is 5.92 Å². The fraction of sp³-hybridized carbons (Fsp3) is 0.258. The van der Waals surface area contributed by atoms with Crippen LogP contribution in [-0.4, -0.2) is 46.5 Å². The zero-order valence-corrected chi connectivity index (χ0v) is 23.6. The van der Waals surface area contributed by atoms with E-state index < -0.39 is 0 Å². The van der Waals surface area contributed by atoms with Crippen molar-refractivity contribution in [3.63, 3.8) is 0 Å². The molecule has 0 unspecified atom stereocenters. The Bertz CT molecular complexity index is 1460. The first-order chi connectivity index (χ1) is 18.6. The predicted octanol–water partition coefficient (Wildman–Crippen LogP) is 6.56. The molecule has 7 nitrogen and oxygen atoms in total. The van der Waals surface area contributed by atoms with Gasteiger partial charge >= 0.3 is 0 Å². The monoisotopic (exact) mass is 544 g/mol. The Balaban J connectivity index is 1.62. The summed E-state index contributed by atoms with van der Waals surface area (Å²) >= 11 is 6.08. The molecule has 0 saturated heterocycles. The second-order valence-corrected chi connectivity index (χ2v) is 10.4. The summed E-state index contributed by atoms with van der Waals surface area (Å²) in [5.74, 6) is 0.648. The van der Waals surface area contributed by atoms with Gasteiger partial charge in [0, 0.05) is 34.6 Å². The molecule has 0 bridgehead atoms. The third-order valence-corrected chi connectivity index (χ3v) is 6.66. The molecule has 0 fully saturated rings. The van der Waals surface area contributed by atoms with E-state index in [9.17, 15) is 9.59 Å². The van der Waals surface area contributed by atoms with Gasteiger partial charge in [-0.05, 0) is 79.4 Å². The highest BCUT2D eigenvalue weighted by atomic mass is 35.5. The lowest BCUT2D eigenvalue weighted by atomic mass is 10.1. The number of hydrogen-bond acceptors (Lipinski definition) is 4. The summed E-state index contributed by atoms with van der Waals surface area (Å²) in [4.78, 5) is 33.0. The van der Waals surface area contributed by atoms with Gasteiger partial charge in [-0.2, -0.15) is 0 Å². The number of hydrogen-bond donors (Lipinski definition) is 1. The second-order valence-electron chi connectivity index (χ2n) is 9.95. The molecule has 0 aliphatic rings. The van der Waals surface area contributed by atoms with Crippen molar-refractivity contribution in [1.82, 2.24) is 14.5 Å². The molecule has 4 aromatic rings. The van der Waals surface area contributed by atoms with E-state index in [2.05, 4.69) is 18.3 Å². The van der Waals surface area contributed by atoms with Crippen molar-refractivity contribution in [3.05, 3.63) is 94.6 Å². The number of imidazole rings is 1. The highest BCUT2D eigenvalue weighted by Gasteiger charge is 2.22. The lowest BCUT2D eigenvalue weighted by Gasteiger charge is -2.24. The fourth-order valence-corrected chi connectivity index (χ4v) is 4.34. The van der Waals surface area contributed by atoms with Crippen molar-refractivity contribution in [3.8, 4) is 22.7 Å². The quantitative estimate of drug-likeness (QED) is 0.259. The minimum Gasteiger partial charge on any atom is -0.497 e. The predicted molar refractivity (Wildman–Crippen MR) is 156 cm³/mol. The van der Waals surface area contributed by atoms with Crippen LogP contribution in [0.5, 0.6) is 5.75 Å². The third kappa shape index (κ3) is 6.86. The molecule has 202 valence electrons. The number of anilines is 1. The van der Waals surface area contributed by atoms with Crippen LogP contribution >= 0.6 is 11.6 Å². The maximum absolute atomic E-state index is 13.3. The van der Waals surface area contributed by atoms with E-state index in [0.29, 0.717) is 34.5 Å². The molecule has 1 heterocycles. The van der Waals surface area contributed by atoms with Gasteiger partial charge in [-0.3, -0.25) is 19.5 Å². The number of carbonyl (C=O) groups excluding carboxylic acids is 2. The molecule has 3 aromatic carbocycles. The van der Waals surface area contributed by atoms with Gasteiger partial charge < -0.3 is 9.64 Å². The molecule has 39 heavy (non-hydrogen) atoms. The minimum atomic E-state index is -0.337. The maximum Gasteiger partial charge on any atom is 0.254 e. The highest BCUT2D eigenvalue weighted by molar-refractivity contribution is 6.30. The number of ether oxygens (including phenoxy) is 1. The SMILES string of the molecule is COc1ccc(C(=O)N(CC(=O)Nc2nc(-c3ccc(Cl)cc3)cn2-c2ccc(C)c(C)c2)CC(C)C)cc1. The summed E-state index contributed by atoms with van der Waals surface area (Å²) in [6.07, 6.45) is 1.89. The average molecular weight is 545 g/mol. The van der Waals surface area contributed by atoms with Crippen LogP contribution in [0.25, 0.3) is 16.9 Å². The van der Waals surface area contributed by atoms with Crippen LogP contribution in [0.3, 0.4) is 0 Å². The Morgan fingerprint density at radius 1 is 1.00 bits per heavy atom. The molecule has 4 rings (SSSR count). The van der Waals surface area contributed by atoms with Crippen molar-refractivity contribution < 1.29 is 14.3 Å². The van der Waals surface area contributed by atoms with Crippen molar-refractivity contribution in [1.29, 1.82) is 0 Å². The summed E-state index contributed by atoms with van der Waals surface area (Å²) in [5, 5.41) is 3.58. The molecule has 1 aromatic heterocycles. The number of benzene rings is 3. The van der Waals surface area contributed by atoms with Crippen molar-refractivity contribution in [2.45, 2.75) is 27.7 Å². The highest BCUT2D eigenvalue weighted by Crippen LogP contribution is 2.26. The van der Waals surface area contributed by atoms with Gasteiger partial charge in [-0.25, -0.2) is 4.98 Å². The molecule has 2 amide bonds. The molecule has 0 aliphatic heterocycles. The Hall–Kier alpha value is -4.10. The summed E-state index contributed by atoms with van der Waals surface area (Å²) in [5.41, 5.74) is 5.21. The van der Waals surface area contributed by atoms with Gasteiger partial charge in [-0.15, -0.1) is 0 Å². The zero-order valence-electron chi connectivity index (χ0n) is 22.9. The van der Waals surface area contributed by atoms with Crippen molar-refractivity contribution in [2.75, 3.05) is 25.5 Å². The number of rotatable bonds is 9. The average Bonchev–Trinajstić information content (AvgIpc) is 3.33. The number of methoxy groups -OCH3 is 1. The van der Waals surface area contributed by atoms with Crippen LogP contribution < -0.4 is 10.1 Å². The standard InChI is InChI=1S/C31H33ClN4O3/c1-20(2)17-35(30(38)24-9-14-27(39-5)15-10-24)19-29(37)34-31-33-28(23-7-11-25(32)12-8-23)18-36(31)26-13-6-21(3)22(4)16-26/h6-16,18,20H,17,19H2,1-5H3,(H,33,34,37). The molecule has 1 N–H and O–H groups in total. The van der Waals surface area contributed by atoms with Gasteiger partial charge in [0.15, 0.2) is 0 Å². The van der Waals surface area contributed by atoms with Crippen LogP contribution in [0, 0.1) is 19.8 Å². The molecule has 0 atom stereocenters. The molecular weight excluding hydrogens is 512 g/mol. The number of halogens is 1. The van der Waals surface area contributed by atoms with E-state index in [1.54, 1.807) is 48.4 Å². The van der Waals surface area contributed by atoms with Crippen LogP contribution in [0.4, 0.5) is 5.95 Å². The Labute approximate surface area is 234 Å². The second kappa shape index (κ2) is 12.2. The molecule has 8 heteroatoms. The van der Waals surface area contributed by atoms with E-state index in [1.807, 2.05) is 55.8 Å². The largest absolute Gasteiger partial charge is 0.497 e. The number of aryl methyl sites for hydroxylation is 2. The van der Waals surface area contributed by atoms with Gasteiger partial charge in [0.1, 0.15) is 12.3 Å². The molecular formula is C31H33ClN4O3. The number of nitrogens with one attached hydrogen (secondary N) is 1. The number of nitrogens with zero attached hydrogens (tertiary/aromatic N) is 3. The van der Waals surface area contributed by atoms with Gasteiger partial charge in [0.2, 0.25) is 11.9 Å². The van der Waals surface area contributed by atoms with E-state index in [-0.39, 0.29) is 24.3 Å². The lowest BCUT2D eigenvalue weighted by molar-refractivity contribution is -0.117. The first-order valence-corrected chi connectivity index (χ1v) is 13.2. The summed E-state index contributed by atoms with van der Waals surface area (Å²) in [7, 11) is 1.58. The van der Waals surface area contributed by atoms with Crippen LogP contribution in [0.1, 0.15) is 35.3 Å². The van der Waals surface area contributed by atoms with E-state index >= 15 is 0 Å². The van der Waals surface area contributed by atoms with Crippen LogP contribution in [0.15, 0.2) is 72.9 Å². The Morgan fingerprint density at radius 2 is 1.69 bits per heavy atom. The van der Waals surface area contributed by atoms with Crippen LogP contribution in [-0.2, 0) is 4.79 Å². The first-order valence-electron chi connectivity index (χ1n) is 12.8. The Kier molecular flexibility index (Phi) is 8.72. The van der Waals surface area contributed by atoms with Crippen LogP contribution in [0.2, 0.25) is 5.02 Å². The van der Waals surface area contributed by atoms with Crippen molar-refractivity contribution >= 4 is 29.4 Å². The zero-order chi connectivity index (χ0) is 28.1. The smallest absolute Gasteiger partial charge is 0.254 e. The molecule has 0 radical (unpaired) electrons. The maximum atomic E-state index is 13.3. The lowest BCUT2D eigenvalue weighted by Crippen LogP contribution is -2.40. The van der Waals surface area contributed by atoms with E-state index in [4.69, 9.17) is 21.3 Å². The topological polar surface area (TPSA) is 76.5 Å². The summed E-state index contributed by atoms with van der Waals surface area (Å²) < 4.78 is 7.05. The normalized spacial score (nSPS) is 10.9. The molecule has 0 spiro atoms. The Morgan fingerprint density at radius 3 is 2.31 bits per heavy atom.